The zero-order valence-corrected chi connectivity index (χ0v) is 17.6. The second-order valence-corrected chi connectivity index (χ2v) is 11.5. The fourth-order valence-electron chi connectivity index (χ4n) is 4.15. The van der Waals surface area contributed by atoms with Crippen molar-refractivity contribution in [3.63, 3.8) is 0 Å². The first-order chi connectivity index (χ1) is 13.2. The third-order valence-electron chi connectivity index (χ3n) is 5.71. The zero-order chi connectivity index (χ0) is 20.0. The quantitative estimate of drug-likeness (QED) is 0.721. The zero-order valence-electron chi connectivity index (χ0n) is 16.0. The number of aryl methyl sites for hydroxylation is 1. The molecule has 1 spiro atoms. The maximum absolute atomic E-state index is 13.1. The molecule has 3 aliphatic rings. The van der Waals surface area contributed by atoms with E-state index in [-0.39, 0.29) is 10.6 Å². The highest BCUT2D eigenvalue weighted by molar-refractivity contribution is 7.92. The predicted octanol–water partition coefficient (Wildman–Crippen LogP) is 1.45. The van der Waals surface area contributed by atoms with Crippen LogP contribution in [0.3, 0.4) is 0 Å². The molecule has 8 nitrogen and oxygen atoms in total. The minimum absolute atomic E-state index is 0.131. The van der Waals surface area contributed by atoms with E-state index in [9.17, 15) is 16.8 Å². The number of anilines is 1. The summed E-state index contributed by atoms with van der Waals surface area (Å²) in [5, 5.41) is 0. The number of benzene rings is 1. The van der Waals surface area contributed by atoms with Gasteiger partial charge >= 0.3 is 0 Å². The lowest BCUT2D eigenvalue weighted by Crippen LogP contribution is -2.47. The minimum Gasteiger partial charge on any atom is -0.347 e. The van der Waals surface area contributed by atoms with E-state index in [0.717, 1.165) is 6.42 Å². The van der Waals surface area contributed by atoms with Gasteiger partial charge < -0.3 is 9.47 Å². The Hall–Kier alpha value is -1.20. The lowest BCUT2D eigenvalue weighted by Gasteiger charge is -2.37. The van der Waals surface area contributed by atoms with Crippen LogP contribution in [0.15, 0.2) is 23.1 Å². The first-order valence-corrected chi connectivity index (χ1v) is 12.7. The molecular formula is C18H26N2O6S2. The van der Waals surface area contributed by atoms with Crippen LogP contribution in [-0.4, -0.2) is 65.5 Å². The van der Waals surface area contributed by atoms with Gasteiger partial charge in [0.2, 0.25) is 20.0 Å². The summed E-state index contributed by atoms with van der Waals surface area (Å²) in [7, 11) is -6.99. The third kappa shape index (κ3) is 3.56. The third-order valence-corrected chi connectivity index (χ3v) is 9.64. The van der Waals surface area contributed by atoms with Crippen LogP contribution in [-0.2, 0) is 29.5 Å². The van der Waals surface area contributed by atoms with Gasteiger partial charge in [0.05, 0.1) is 29.5 Å². The van der Waals surface area contributed by atoms with Gasteiger partial charge in [-0.3, -0.25) is 4.31 Å². The molecule has 1 aromatic carbocycles. The highest BCUT2D eigenvalue weighted by Gasteiger charge is 2.43. The largest absolute Gasteiger partial charge is 0.347 e. The van der Waals surface area contributed by atoms with Crippen molar-refractivity contribution in [2.45, 2.75) is 43.3 Å². The molecule has 28 heavy (non-hydrogen) atoms. The highest BCUT2D eigenvalue weighted by atomic mass is 32.2. The van der Waals surface area contributed by atoms with Gasteiger partial charge in [-0.2, -0.15) is 4.31 Å². The van der Waals surface area contributed by atoms with Crippen molar-refractivity contribution in [1.29, 1.82) is 0 Å². The van der Waals surface area contributed by atoms with E-state index in [0.29, 0.717) is 63.4 Å². The Kier molecular flexibility index (Phi) is 5.20. The van der Waals surface area contributed by atoms with Gasteiger partial charge in [0, 0.05) is 32.5 Å². The Labute approximate surface area is 166 Å². The molecule has 0 saturated carbocycles. The molecule has 3 aliphatic heterocycles. The van der Waals surface area contributed by atoms with E-state index < -0.39 is 25.8 Å². The first kappa shape index (κ1) is 20.1. The average Bonchev–Trinajstić information content (AvgIpc) is 3.09. The van der Waals surface area contributed by atoms with E-state index >= 15 is 0 Å². The van der Waals surface area contributed by atoms with Crippen LogP contribution in [0.1, 0.15) is 31.2 Å². The second-order valence-electron chi connectivity index (χ2n) is 7.56. The average molecular weight is 431 g/mol. The van der Waals surface area contributed by atoms with Crippen LogP contribution in [0.25, 0.3) is 0 Å². The molecule has 3 fully saturated rings. The number of sulfonamides is 2. The molecular weight excluding hydrogens is 404 g/mol. The van der Waals surface area contributed by atoms with Crippen molar-refractivity contribution < 1.29 is 26.3 Å². The Bertz CT molecular complexity index is 944. The molecule has 0 radical (unpaired) electrons. The fraction of sp³-hybridized carbons (Fsp3) is 0.667. The summed E-state index contributed by atoms with van der Waals surface area (Å²) in [4.78, 5) is 0.217. The normalized spacial score (nSPS) is 25.2. The summed E-state index contributed by atoms with van der Waals surface area (Å²) in [6.45, 7) is 3.91. The van der Waals surface area contributed by atoms with E-state index in [4.69, 9.17) is 9.47 Å². The molecule has 3 heterocycles. The Morgan fingerprint density at radius 1 is 1.04 bits per heavy atom. The Morgan fingerprint density at radius 2 is 1.71 bits per heavy atom. The lowest BCUT2D eigenvalue weighted by atomic mass is 10.1. The molecule has 0 amide bonds. The van der Waals surface area contributed by atoms with Crippen LogP contribution in [0, 0.1) is 6.92 Å². The molecule has 4 rings (SSSR count). The summed E-state index contributed by atoms with van der Waals surface area (Å²) in [6.07, 6.45) is 2.48. The van der Waals surface area contributed by atoms with Gasteiger partial charge in [-0.25, -0.2) is 16.8 Å². The van der Waals surface area contributed by atoms with Crippen LogP contribution in [0.2, 0.25) is 0 Å². The standard InChI is InChI=1S/C18H26N2O6S2/c1-15-14-16(20-8-2-3-13-27(20,21)22)4-5-17(15)28(23,24)19-9-6-18(7-10-19)25-11-12-26-18/h4-5,14H,2-3,6-13H2,1H3. The maximum atomic E-state index is 13.1. The van der Waals surface area contributed by atoms with Gasteiger partial charge in [0.15, 0.2) is 5.79 Å². The number of hydrogen-bond acceptors (Lipinski definition) is 6. The topological polar surface area (TPSA) is 93.2 Å². The molecule has 0 aliphatic carbocycles. The maximum Gasteiger partial charge on any atom is 0.243 e. The molecule has 3 saturated heterocycles. The van der Waals surface area contributed by atoms with Crippen molar-refractivity contribution in [3.05, 3.63) is 23.8 Å². The molecule has 0 bridgehead atoms. The number of rotatable bonds is 3. The number of hydrogen-bond donors (Lipinski definition) is 0. The highest BCUT2D eigenvalue weighted by Crippen LogP contribution is 2.35. The van der Waals surface area contributed by atoms with Crippen LogP contribution < -0.4 is 4.31 Å². The molecule has 156 valence electrons. The molecule has 0 N–H and O–H groups in total. The first-order valence-electron chi connectivity index (χ1n) is 9.63. The smallest absolute Gasteiger partial charge is 0.243 e. The fourth-order valence-corrected chi connectivity index (χ4v) is 7.43. The number of ether oxygens (including phenoxy) is 2. The molecule has 0 unspecified atom stereocenters. The SMILES string of the molecule is Cc1cc(N2CCCCS2(=O)=O)ccc1S(=O)(=O)N1CCC2(CC1)OCCO2. The second kappa shape index (κ2) is 7.24. The summed E-state index contributed by atoms with van der Waals surface area (Å²) in [6, 6.07) is 4.78. The predicted molar refractivity (Wildman–Crippen MR) is 104 cm³/mol. The van der Waals surface area contributed by atoms with E-state index in [1.54, 1.807) is 19.1 Å². The lowest BCUT2D eigenvalue weighted by molar-refractivity contribution is -0.179. The van der Waals surface area contributed by atoms with Crippen molar-refractivity contribution in [2.75, 3.05) is 42.9 Å². The summed E-state index contributed by atoms with van der Waals surface area (Å²) in [5.74, 6) is -0.501. The Morgan fingerprint density at radius 3 is 2.32 bits per heavy atom. The molecule has 0 aromatic heterocycles. The Balaban J connectivity index is 1.55. The van der Waals surface area contributed by atoms with Crippen molar-refractivity contribution in [1.82, 2.24) is 4.31 Å². The van der Waals surface area contributed by atoms with E-state index in [1.807, 2.05) is 0 Å². The molecule has 1 aromatic rings. The number of piperidine rings is 1. The van der Waals surface area contributed by atoms with Crippen molar-refractivity contribution in [2.24, 2.45) is 0 Å². The van der Waals surface area contributed by atoms with Gasteiger partial charge in [0.1, 0.15) is 0 Å². The van der Waals surface area contributed by atoms with Crippen LogP contribution in [0.5, 0.6) is 0 Å². The monoisotopic (exact) mass is 430 g/mol. The van der Waals surface area contributed by atoms with Crippen LogP contribution >= 0.6 is 0 Å². The van der Waals surface area contributed by atoms with Gasteiger partial charge in [-0.15, -0.1) is 0 Å². The minimum atomic E-state index is -3.66. The van der Waals surface area contributed by atoms with Gasteiger partial charge in [0.25, 0.3) is 0 Å². The van der Waals surface area contributed by atoms with Crippen molar-refractivity contribution in [3.8, 4) is 0 Å². The van der Waals surface area contributed by atoms with E-state index in [2.05, 4.69) is 0 Å². The summed E-state index contributed by atoms with van der Waals surface area (Å²) < 4.78 is 65.1. The van der Waals surface area contributed by atoms with Gasteiger partial charge in [-0.1, -0.05) is 0 Å². The number of nitrogens with zero attached hydrogens (tertiary/aromatic N) is 2. The van der Waals surface area contributed by atoms with Gasteiger partial charge in [-0.05, 0) is 43.5 Å². The van der Waals surface area contributed by atoms with Crippen LogP contribution in [0.4, 0.5) is 5.69 Å². The summed E-state index contributed by atoms with van der Waals surface area (Å²) in [5.41, 5.74) is 1.08. The summed E-state index contributed by atoms with van der Waals surface area (Å²) >= 11 is 0. The van der Waals surface area contributed by atoms with Crippen molar-refractivity contribution >= 4 is 25.7 Å². The van der Waals surface area contributed by atoms with E-state index in [1.165, 1.54) is 14.7 Å². The molecule has 10 heteroatoms. The molecule has 0 atom stereocenters.